The lowest BCUT2D eigenvalue weighted by atomic mass is 9.94. The van der Waals surface area contributed by atoms with Gasteiger partial charge in [0.05, 0.1) is 0 Å². The first-order valence-electron chi connectivity index (χ1n) is 16.7. The number of carboxylic acids is 2. The molecule has 1 aromatic heterocycles. The number of esters is 2. The van der Waals surface area contributed by atoms with E-state index in [0.717, 1.165) is 48.5 Å². The number of rotatable bonds is 15. The van der Waals surface area contributed by atoms with Crippen LogP contribution < -0.4 is 25.4 Å². The lowest BCUT2D eigenvalue weighted by Gasteiger charge is -2.55. The number of fused-ring (bicyclic) bond motifs is 1. The third-order valence-corrected chi connectivity index (χ3v) is 11.3. The number of amides is 7. The van der Waals surface area contributed by atoms with Crippen LogP contribution >= 0.6 is 11.8 Å². The van der Waals surface area contributed by atoms with Gasteiger partial charge < -0.3 is 45.1 Å². The minimum absolute atomic E-state index is 0.0255. The Kier molecular flexibility index (Phi) is 12.7. The van der Waals surface area contributed by atoms with Gasteiger partial charge in [-0.2, -0.15) is 0 Å². The van der Waals surface area contributed by atoms with Gasteiger partial charge in [0.15, 0.2) is 11.5 Å². The van der Waals surface area contributed by atoms with Crippen molar-refractivity contribution in [2.45, 2.75) is 49.6 Å². The van der Waals surface area contributed by atoms with E-state index < -0.39 is 106 Å². The summed E-state index contributed by atoms with van der Waals surface area (Å²) in [6.07, 6.45) is -0.0255. The molecule has 2 saturated heterocycles. The Morgan fingerprint density at radius 2 is 1.76 bits per heavy atom. The minimum atomic E-state index is -2.60. The van der Waals surface area contributed by atoms with Crippen LogP contribution in [0.1, 0.15) is 32.4 Å². The fourth-order valence-electron chi connectivity index (χ4n) is 6.09. The van der Waals surface area contributed by atoms with E-state index in [4.69, 9.17) is 14.6 Å². The maximum atomic E-state index is 14.3. The maximum Gasteiger partial charge on any atom is 0.352 e. The van der Waals surface area contributed by atoms with Crippen LogP contribution in [0.15, 0.2) is 34.6 Å². The Balaban J connectivity index is 1.50. The van der Waals surface area contributed by atoms with Crippen molar-refractivity contribution in [3.8, 4) is 11.5 Å². The van der Waals surface area contributed by atoms with Gasteiger partial charge in [-0.1, -0.05) is 17.8 Å². The van der Waals surface area contributed by atoms with E-state index >= 15 is 0 Å². The monoisotopic (exact) mass is 848 g/mol. The number of carbonyl (C=O) groups excluding carboxylic acids is 8. The Morgan fingerprint density at radius 1 is 1.07 bits per heavy atom. The lowest BCUT2D eigenvalue weighted by Crippen LogP contribution is -2.88. The van der Waals surface area contributed by atoms with Gasteiger partial charge in [-0.25, -0.2) is 14.3 Å². The zero-order valence-corrected chi connectivity index (χ0v) is 32.0. The van der Waals surface area contributed by atoms with Crippen molar-refractivity contribution in [1.82, 2.24) is 50.9 Å². The fourth-order valence-corrected chi connectivity index (χ4v) is 8.90. The molecule has 0 spiro atoms. The molecule has 27 heteroatoms. The van der Waals surface area contributed by atoms with E-state index in [9.17, 15) is 57.6 Å². The number of hydrogen-bond donors (Lipinski definition) is 5. The predicted molar refractivity (Wildman–Crippen MR) is 189 cm³/mol. The van der Waals surface area contributed by atoms with E-state index in [1.165, 1.54) is 4.90 Å². The first-order chi connectivity index (χ1) is 27.4. The van der Waals surface area contributed by atoms with Crippen molar-refractivity contribution < 1.29 is 72.2 Å². The molecule has 0 bridgehead atoms. The van der Waals surface area contributed by atoms with E-state index in [2.05, 4.69) is 31.5 Å². The summed E-state index contributed by atoms with van der Waals surface area (Å²) < 4.78 is 25.0. The molecule has 3 aliphatic rings. The number of nitrogens with zero attached hydrogens (tertiary/aromatic N) is 7. The second kappa shape index (κ2) is 17.3. The number of benzene rings is 1. The van der Waals surface area contributed by atoms with Gasteiger partial charge in [-0.05, 0) is 46.2 Å². The number of aliphatic carboxylic acids is 2. The molecule has 0 aliphatic carbocycles. The quantitative estimate of drug-likeness (QED) is 0.0171. The van der Waals surface area contributed by atoms with Crippen LogP contribution in [0.3, 0.4) is 0 Å². The van der Waals surface area contributed by atoms with Crippen LogP contribution in [0.5, 0.6) is 11.5 Å². The number of aromatic nitrogens is 4. The maximum absolute atomic E-state index is 14.3. The molecule has 25 nitrogen and oxygen atoms in total. The first-order valence-corrected chi connectivity index (χ1v) is 19.0. The third kappa shape index (κ3) is 8.39. The van der Waals surface area contributed by atoms with Crippen LogP contribution in [-0.4, -0.2) is 152 Å². The fraction of sp³-hybridized carbons (Fsp3) is 0.387. The number of ether oxygens (including phenoxy) is 2. The highest BCUT2D eigenvalue weighted by molar-refractivity contribution is 7.99. The van der Waals surface area contributed by atoms with Crippen LogP contribution in [0.2, 0.25) is 0 Å². The molecule has 1 aromatic carbocycles. The topological polar surface area (TPSA) is 342 Å². The Hall–Kier alpha value is -6.61. The number of piperazine rings is 1. The molecule has 0 saturated carbocycles. The second-order valence-electron chi connectivity index (χ2n) is 12.3. The van der Waals surface area contributed by atoms with Crippen molar-refractivity contribution >= 4 is 82.9 Å². The van der Waals surface area contributed by atoms with Gasteiger partial charge in [-0.3, -0.25) is 48.2 Å². The van der Waals surface area contributed by atoms with E-state index in [0.29, 0.717) is 9.80 Å². The summed E-state index contributed by atoms with van der Waals surface area (Å²) >= 11 is -1.50. The van der Waals surface area contributed by atoms with Crippen LogP contribution in [0, 0.1) is 0 Å². The largest absolute Gasteiger partial charge is 0.614 e. The Labute approximate surface area is 332 Å². The van der Waals surface area contributed by atoms with Crippen molar-refractivity contribution in [1.29, 1.82) is 0 Å². The lowest BCUT2D eigenvalue weighted by molar-refractivity contribution is -0.163. The van der Waals surface area contributed by atoms with Crippen molar-refractivity contribution in [3.63, 3.8) is 0 Å². The molecule has 58 heavy (non-hydrogen) atoms. The van der Waals surface area contributed by atoms with E-state index in [1.807, 2.05) is 0 Å². The molecule has 5 rings (SSSR count). The number of carbonyl (C=O) groups is 10. The molecular weight excluding hydrogens is 817 g/mol. The molecule has 3 aliphatic heterocycles. The first kappa shape index (κ1) is 42.5. The molecule has 7 amide bonds. The zero-order chi connectivity index (χ0) is 42.6. The summed E-state index contributed by atoms with van der Waals surface area (Å²) in [5, 5.41) is 34.8. The van der Waals surface area contributed by atoms with Crippen LogP contribution in [0.25, 0.3) is 0 Å². The number of nitrogens with one attached hydrogen (secondary N) is 3. The SMILES string of the molecule is CCN1CCN(C(=O)NC(C(=O)N[C@]2(NC=O)C(=O)N3C(C(=O)O)=C(CSc4nnnn4CC(=O)O)C[S+]([O-])[C@@H]32)c2ccc(OC(C)=O)c(OC(C)=O)c2)C(=O)C1=O. The Morgan fingerprint density at radius 3 is 2.38 bits per heavy atom. The number of tetrazole rings is 1. The zero-order valence-electron chi connectivity index (χ0n) is 30.4. The molecule has 2 aromatic rings. The summed E-state index contributed by atoms with van der Waals surface area (Å²) in [5.74, 6) is -11.1. The molecule has 4 heterocycles. The smallest absolute Gasteiger partial charge is 0.352 e. The van der Waals surface area contributed by atoms with Crippen LogP contribution in [0.4, 0.5) is 4.79 Å². The molecule has 308 valence electrons. The van der Waals surface area contributed by atoms with Gasteiger partial charge in [-0.15, -0.1) is 5.10 Å². The summed E-state index contributed by atoms with van der Waals surface area (Å²) in [5.41, 5.74) is -3.58. The molecule has 5 N–H and O–H groups in total. The third-order valence-electron chi connectivity index (χ3n) is 8.55. The van der Waals surface area contributed by atoms with E-state index in [-0.39, 0.29) is 53.8 Å². The molecule has 2 unspecified atom stereocenters. The number of likely N-dealkylation sites (N-methyl/N-ethyl adjacent to an activating group) is 1. The molecule has 4 atom stereocenters. The second-order valence-corrected chi connectivity index (χ2v) is 14.7. The molecular formula is C31H32N10O15S2. The average Bonchev–Trinajstić information content (AvgIpc) is 3.59. The van der Waals surface area contributed by atoms with Gasteiger partial charge in [0.1, 0.15) is 24.0 Å². The predicted octanol–water partition coefficient (Wildman–Crippen LogP) is -3.33. The molecule has 2 fully saturated rings. The number of β-lactam (4-membered cyclic amide) rings is 1. The Bertz CT molecular complexity index is 2150. The van der Waals surface area contributed by atoms with E-state index in [1.54, 1.807) is 6.92 Å². The highest BCUT2D eigenvalue weighted by Crippen LogP contribution is 2.43. The highest BCUT2D eigenvalue weighted by atomic mass is 32.2. The van der Waals surface area contributed by atoms with Gasteiger partial charge in [0, 0.05) is 44.8 Å². The normalized spacial score (nSPS) is 20.7. The van der Waals surface area contributed by atoms with Crippen molar-refractivity contribution in [3.05, 3.63) is 35.0 Å². The number of hydrogen-bond acceptors (Lipinski definition) is 17. The van der Waals surface area contributed by atoms with Crippen molar-refractivity contribution in [2.24, 2.45) is 0 Å². The standard InChI is InChI=1S/C31H32N10O15S2/c1-4-38-7-8-39(25(49)24(38)48)29(53)33-21(16-5-6-18(55-14(2)43)19(9-16)56-15(3)44)23(47)34-31(32-13-42)27(52)41-22(26(50)51)17(12-58(54)28(31)41)11-57-30-35-36-37-40(30)10-20(45)46/h5-6,9,13,21,28H,4,7-8,10-12H2,1-3H3,(H,32,42)(H,33,53)(H,34,47)(H,45,46)(H,50,51)/t21?,28-,31-,58?/m1/s1. The average molecular weight is 849 g/mol. The van der Waals surface area contributed by atoms with Gasteiger partial charge >= 0.3 is 41.7 Å². The van der Waals surface area contributed by atoms with Crippen molar-refractivity contribution in [2.75, 3.05) is 31.1 Å². The number of carboxylic acid groups (broad SMARTS) is 2. The minimum Gasteiger partial charge on any atom is -0.614 e. The summed E-state index contributed by atoms with van der Waals surface area (Å²) in [6.45, 7) is 2.84. The van der Waals surface area contributed by atoms with Gasteiger partial charge in [0.2, 0.25) is 22.8 Å². The highest BCUT2D eigenvalue weighted by Gasteiger charge is 2.72. The molecule has 0 radical (unpaired) electrons. The number of imide groups is 1. The summed E-state index contributed by atoms with van der Waals surface area (Å²) in [4.78, 5) is 129. The van der Waals surface area contributed by atoms with Crippen LogP contribution in [-0.2, 0) is 60.9 Å². The summed E-state index contributed by atoms with van der Waals surface area (Å²) in [6, 6.07) is -0.0383. The number of urea groups is 1. The summed E-state index contributed by atoms with van der Waals surface area (Å²) in [7, 11) is 0. The van der Waals surface area contributed by atoms with Gasteiger partial charge in [0.25, 0.3) is 11.6 Å². The number of thioether (sulfide) groups is 1.